The summed E-state index contributed by atoms with van der Waals surface area (Å²) in [5.74, 6) is -1.06. The Labute approximate surface area is 123 Å². The highest BCUT2D eigenvalue weighted by molar-refractivity contribution is 6.00. The molecule has 1 unspecified atom stereocenters. The van der Waals surface area contributed by atoms with Crippen LogP contribution >= 0.6 is 0 Å². The summed E-state index contributed by atoms with van der Waals surface area (Å²) in [6.07, 6.45) is 1.76. The van der Waals surface area contributed by atoms with Crippen LogP contribution in [0.1, 0.15) is 30.1 Å². The van der Waals surface area contributed by atoms with Crippen molar-refractivity contribution in [2.75, 3.05) is 25.5 Å². The molecule has 2 amide bonds. The van der Waals surface area contributed by atoms with Gasteiger partial charge in [0.05, 0.1) is 23.4 Å². The Morgan fingerprint density at radius 1 is 1.38 bits per heavy atom. The fourth-order valence-corrected chi connectivity index (χ4v) is 2.52. The standard InChI is InChI=1S/C15H20N2O4/c1-15(21-2)8-5-9-17(10-15)14(20)16-12-7-4-3-6-11(12)13(18)19/h3-4,6-7H,5,8-10H2,1-2H3,(H,16,20)(H,18,19). The monoisotopic (exact) mass is 292 g/mol. The van der Waals surface area contributed by atoms with Crippen LogP contribution in [0.4, 0.5) is 10.5 Å². The summed E-state index contributed by atoms with van der Waals surface area (Å²) in [5.41, 5.74) is 0.0408. The summed E-state index contributed by atoms with van der Waals surface area (Å²) in [6, 6.07) is 6.07. The van der Waals surface area contributed by atoms with Gasteiger partial charge in [0.25, 0.3) is 0 Å². The zero-order valence-electron chi connectivity index (χ0n) is 12.3. The molecule has 6 nitrogen and oxygen atoms in total. The van der Waals surface area contributed by atoms with Gasteiger partial charge in [-0.3, -0.25) is 0 Å². The number of nitrogens with one attached hydrogen (secondary N) is 1. The smallest absolute Gasteiger partial charge is 0.337 e. The van der Waals surface area contributed by atoms with E-state index in [0.717, 1.165) is 12.8 Å². The van der Waals surface area contributed by atoms with Gasteiger partial charge in [-0.2, -0.15) is 0 Å². The zero-order chi connectivity index (χ0) is 15.5. The molecule has 1 heterocycles. The third-order valence-electron chi connectivity index (χ3n) is 3.84. The Morgan fingerprint density at radius 3 is 2.76 bits per heavy atom. The number of benzene rings is 1. The molecule has 0 aliphatic carbocycles. The fourth-order valence-electron chi connectivity index (χ4n) is 2.52. The summed E-state index contributed by atoms with van der Waals surface area (Å²) in [5, 5.41) is 11.8. The van der Waals surface area contributed by atoms with Crippen LogP contribution < -0.4 is 5.32 Å². The Hall–Kier alpha value is -2.08. The number of likely N-dealkylation sites (tertiary alicyclic amines) is 1. The molecule has 0 saturated carbocycles. The number of carbonyl (C=O) groups is 2. The lowest BCUT2D eigenvalue weighted by Gasteiger charge is -2.39. The van der Waals surface area contributed by atoms with Gasteiger partial charge in [-0.1, -0.05) is 12.1 Å². The lowest BCUT2D eigenvalue weighted by atomic mass is 9.95. The molecule has 2 rings (SSSR count). The van der Waals surface area contributed by atoms with Crippen molar-refractivity contribution in [1.29, 1.82) is 0 Å². The number of nitrogens with zero attached hydrogens (tertiary/aromatic N) is 1. The van der Waals surface area contributed by atoms with E-state index in [0.29, 0.717) is 18.8 Å². The second kappa shape index (κ2) is 6.13. The molecule has 21 heavy (non-hydrogen) atoms. The summed E-state index contributed by atoms with van der Waals surface area (Å²) < 4.78 is 5.46. The number of para-hydroxylation sites is 1. The van der Waals surface area contributed by atoms with Crippen molar-refractivity contribution in [2.24, 2.45) is 0 Å². The van der Waals surface area contributed by atoms with Gasteiger partial charge in [0.1, 0.15) is 0 Å². The maximum Gasteiger partial charge on any atom is 0.337 e. The quantitative estimate of drug-likeness (QED) is 0.896. The molecule has 6 heteroatoms. The first-order valence-corrected chi connectivity index (χ1v) is 6.88. The topological polar surface area (TPSA) is 78.9 Å². The molecule has 0 radical (unpaired) electrons. The van der Waals surface area contributed by atoms with E-state index in [4.69, 9.17) is 9.84 Å². The molecule has 1 aliphatic heterocycles. The maximum atomic E-state index is 12.3. The highest BCUT2D eigenvalue weighted by Crippen LogP contribution is 2.24. The van der Waals surface area contributed by atoms with Crippen molar-refractivity contribution in [3.8, 4) is 0 Å². The summed E-state index contributed by atoms with van der Waals surface area (Å²) in [6.45, 7) is 3.10. The number of ether oxygens (including phenoxy) is 1. The van der Waals surface area contributed by atoms with E-state index in [9.17, 15) is 9.59 Å². The number of carbonyl (C=O) groups excluding carboxylic acids is 1. The number of urea groups is 1. The first-order valence-electron chi connectivity index (χ1n) is 6.88. The average molecular weight is 292 g/mol. The Kier molecular flexibility index (Phi) is 4.47. The van der Waals surface area contributed by atoms with E-state index in [1.807, 2.05) is 6.92 Å². The zero-order valence-corrected chi connectivity index (χ0v) is 12.3. The van der Waals surface area contributed by atoms with E-state index in [1.165, 1.54) is 6.07 Å². The van der Waals surface area contributed by atoms with Gasteiger partial charge in [0, 0.05) is 13.7 Å². The van der Waals surface area contributed by atoms with E-state index >= 15 is 0 Å². The number of hydrogen-bond donors (Lipinski definition) is 2. The Morgan fingerprint density at radius 2 is 2.10 bits per heavy atom. The molecule has 0 spiro atoms. The Balaban J connectivity index is 2.10. The molecule has 1 aromatic carbocycles. The van der Waals surface area contributed by atoms with Crippen LogP contribution in [-0.4, -0.2) is 47.8 Å². The molecule has 1 aromatic rings. The summed E-state index contributed by atoms with van der Waals surface area (Å²) in [4.78, 5) is 25.1. The number of amides is 2. The third-order valence-corrected chi connectivity index (χ3v) is 3.84. The minimum Gasteiger partial charge on any atom is -0.478 e. The molecule has 0 aromatic heterocycles. The minimum atomic E-state index is -1.06. The van der Waals surface area contributed by atoms with Crippen LogP contribution in [-0.2, 0) is 4.74 Å². The fraction of sp³-hybridized carbons (Fsp3) is 0.467. The number of hydrogen-bond acceptors (Lipinski definition) is 3. The summed E-state index contributed by atoms with van der Waals surface area (Å²) >= 11 is 0. The highest BCUT2D eigenvalue weighted by atomic mass is 16.5. The number of anilines is 1. The molecular weight excluding hydrogens is 272 g/mol. The molecule has 114 valence electrons. The average Bonchev–Trinajstić information content (AvgIpc) is 2.47. The van der Waals surface area contributed by atoms with Gasteiger partial charge in [-0.15, -0.1) is 0 Å². The molecule has 1 fully saturated rings. The van der Waals surface area contributed by atoms with Crippen molar-refractivity contribution >= 4 is 17.7 Å². The normalized spacial score (nSPS) is 21.9. The number of carboxylic acids is 1. The summed E-state index contributed by atoms with van der Waals surface area (Å²) in [7, 11) is 1.64. The molecule has 0 bridgehead atoms. The van der Waals surface area contributed by atoms with Crippen molar-refractivity contribution in [3.05, 3.63) is 29.8 Å². The molecule has 1 atom stereocenters. The van der Waals surface area contributed by atoms with Crippen LogP contribution in [0, 0.1) is 0 Å². The van der Waals surface area contributed by atoms with E-state index in [2.05, 4.69) is 5.32 Å². The van der Waals surface area contributed by atoms with Crippen LogP contribution in [0.25, 0.3) is 0 Å². The molecule has 1 saturated heterocycles. The van der Waals surface area contributed by atoms with Crippen molar-refractivity contribution in [3.63, 3.8) is 0 Å². The predicted molar refractivity (Wildman–Crippen MR) is 78.6 cm³/mol. The van der Waals surface area contributed by atoms with Gasteiger partial charge in [0.2, 0.25) is 0 Å². The number of carboxylic acid groups (broad SMARTS) is 1. The number of rotatable bonds is 3. The van der Waals surface area contributed by atoms with Crippen molar-refractivity contribution < 1.29 is 19.4 Å². The SMILES string of the molecule is COC1(C)CCCN(C(=O)Nc2ccccc2C(=O)O)C1. The largest absolute Gasteiger partial charge is 0.478 e. The van der Waals surface area contributed by atoms with Gasteiger partial charge in [0.15, 0.2) is 0 Å². The van der Waals surface area contributed by atoms with Gasteiger partial charge >= 0.3 is 12.0 Å². The van der Waals surface area contributed by atoms with Crippen LogP contribution in [0.2, 0.25) is 0 Å². The van der Waals surface area contributed by atoms with Gasteiger partial charge in [-0.25, -0.2) is 9.59 Å². The first-order chi connectivity index (χ1) is 9.95. The van der Waals surface area contributed by atoms with E-state index < -0.39 is 5.97 Å². The number of aromatic carboxylic acids is 1. The lowest BCUT2D eigenvalue weighted by molar-refractivity contribution is -0.0389. The predicted octanol–water partition coefficient (Wildman–Crippen LogP) is 2.42. The number of piperidine rings is 1. The van der Waals surface area contributed by atoms with E-state index in [-0.39, 0.29) is 17.2 Å². The Bertz CT molecular complexity index is 546. The van der Waals surface area contributed by atoms with E-state index in [1.54, 1.807) is 30.2 Å². The van der Waals surface area contributed by atoms with Gasteiger partial charge < -0.3 is 20.1 Å². The highest BCUT2D eigenvalue weighted by Gasteiger charge is 2.33. The first kappa shape index (κ1) is 15.3. The molecule has 2 N–H and O–H groups in total. The van der Waals surface area contributed by atoms with Crippen molar-refractivity contribution in [1.82, 2.24) is 4.90 Å². The van der Waals surface area contributed by atoms with Crippen molar-refractivity contribution in [2.45, 2.75) is 25.4 Å². The third kappa shape index (κ3) is 3.52. The van der Waals surface area contributed by atoms with Crippen LogP contribution in [0.15, 0.2) is 24.3 Å². The maximum absolute atomic E-state index is 12.3. The van der Waals surface area contributed by atoms with Crippen LogP contribution in [0.5, 0.6) is 0 Å². The van der Waals surface area contributed by atoms with Gasteiger partial charge in [-0.05, 0) is 31.9 Å². The molecular formula is C15H20N2O4. The molecule has 1 aliphatic rings. The number of methoxy groups -OCH3 is 1. The lowest BCUT2D eigenvalue weighted by Crippen LogP contribution is -2.51. The minimum absolute atomic E-state index is 0.0809. The van der Waals surface area contributed by atoms with Crippen LogP contribution in [0.3, 0.4) is 0 Å². The second-order valence-corrected chi connectivity index (χ2v) is 5.46. The second-order valence-electron chi connectivity index (χ2n) is 5.46.